The van der Waals surface area contributed by atoms with E-state index in [9.17, 15) is 4.39 Å². The van der Waals surface area contributed by atoms with Crippen LogP contribution in [0.2, 0.25) is 0 Å². The SMILES string of the molecule is CCC(OC)OC.Fc1ccccc1. The molecule has 0 spiro atoms. The minimum absolute atomic E-state index is 0.0139. The number of benzene rings is 1. The van der Waals surface area contributed by atoms with Crippen LogP contribution in [0.5, 0.6) is 0 Å². The van der Waals surface area contributed by atoms with Crippen LogP contribution in [-0.2, 0) is 9.47 Å². The molecule has 2 nitrogen and oxygen atoms in total. The normalized spacial score (nSPS) is 9.50. The lowest BCUT2D eigenvalue weighted by Gasteiger charge is -2.08. The number of methoxy groups -OCH3 is 2. The summed E-state index contributed by atoms with van der Waals surface area (Å²) in [5.41, 5.74) is 0. The van der Waals surface area contributed by atoms with Gasteiger partial charge in [0.2, 0.25) is 0 Å². The van der Waals surface area contributed by atoms with Crippen LogP contribution in [-0.4, -0.2) is 20.5 Å². The second-order valence-electron chi connectivity index (χ2n) is 2.60. The van der Waals surface area contributed by atoms with Crippen LogP contribution >= 0.6 is 0 Å². The lowest BCUT2D eigenvalue weighted by atomic mass is 10.4. The third-order valence-electron chi connectivity index (χ3n) is 1.59. The van der Waals surface area contributed by atoms with Gasteiger partial charge >= 0.3 is 0 Å². The van der Waals surface area contributed by atoms with E-state index < -0.39 is 0 Å². The van der Waals surface area contributed by atoms with E-state index in [1.807, 2.05) is 6.92 Å². The Morgan fingerprint density at radius 3 is 1.79 bits per heavy atom. The highest BCUT2D eigenvalue weighted by atomic mass is 19.1. The fourth-order valence-corrected chi connectivity index (χ4v) is 0.844. The van der Waals surface area contributed by atoms with Crippen LogP contribution in [0.15, 0.2) is 30.3 Å². The van der Waals surface area contributed by atoms with Crippen molar-refractivity contribution in [2.45, 2.75) is 19.6 Å². The summed E-state index contributed by atoms with van der Waals surface area (Å²) in [4.78, 5) is 0. The van der Waals surface area contributed by atoms with Crippen LogP contribution in [0.3, 0.4) is 0 Å². The summed E-state index contributed by atoms with van der Waals surface area (Å²) in [5.74, 6) is -0.178. The van der Waals surface area contributed by atoms with Crippen LogP contribution < -0.4 is 0 Å². The van der Waals surface area contributed by atoms with Gasteiger partial charge in [0.05, 0.1) is 0 Å². The van der Waals surface area contributed by atoms with Gasteiger partial charge in [-0.1, -0.05) is 25.1 Å². The molecule has 0 atom stereocenters. The molecule has 0 unspecified atom stereocenters. The van der Waals surface area contributed by atoms with Crippen molar-refractivity contribution in [2.24, 2.45) is 0 Å². The van der Waals surface area contributed by atoms with Crippen molar-refractivity contribution in [3.05, 3.63) is 36.1 Å². The Kier molecular flexibility index (Phi) is 8.08. The molecule has 0 saturated carbocycles. The van der Waals surface area contributed by atoms with Crippen molar-refractivity contribution in [3.8, 4) is 0 Å². The third kappa shape index (κ3) is 6.57. The Morgan fingerprint density at radius 1 is 1.14 bits per heavy atom. The third-order valence-corrected chi connectivity index (χ3v) is 1.59. The highest BCUT2D eigenvalue weighted by molar-refractivity contribution is 5.02. The summed E-state index contributed by atoms with van der Waals surface area (Å²) in [6.07, 6.45) is 0.896. The molecule has 14 heavy (non-hydrogen) atoms. The van der Waals surface area contributed by atoms with Crippen molar-refractivity contribution in [3.63, 3.8) is 0 Å². The van der Waals surface area contributed by atoms with Crippen molar-refractivity contribution in [2.75, 3.05) is 14.2 Å². The zero-order chi connectivity index (χ0) is 10.8. The molecular weight excluding hydrogens is 183 g/mol. The lowest BCUT2D eigenvalue weighted by Crippen LogP contribution is -2.10. The first-order valence-electron chi connectivity index (χ1n) is 4.50. The van der Waals surface area contributed by atoms with Gasteiger partial charge in [-0.15, -0.1) is 0 Å². The highest BCUT2D eigenvalue weighted by Gasteiger charge is 1.96. The molecule has 1 rings (SSSR count). The predicted molar refractivity (Wildman–Crippen MR) is 54.5 cm³/mol. The topological polar surface area (TPSA) is 18.5 Å². The fraction of sp³-hybridized carbons (Fsp3) is 0.455. The number of hydrogen-bond donors (Lipinski definition) is 0. The Balaban J connectivity index is 0.000000241. The summed E-state index contributed by atoms with van der Waals surface area (Å²) in [6.45, 7) is 2.01. The van der Waals surface area contributed by atoms with E-state index in [1.165, 1.54) is 12.1 Å². The van der Waals surface area contributed by atoms with E-state index in [-0.39, 0.29) is 12.1 Å². The Labute approximate surface area is 84.7 Å². The summed E-state index contributed by atoms with van der Waals surface area (Å²) in [6, 6.07) is 7.94. The molecule has 0 radical (unpaired) electrons. The first-order valence-corrected chi connectivity index (χ1v) is 4.50. The smallest absolute Gasteiger partial charge is 0.156 e. The summed E-state index contributed by atoms with van der Waals surface area (Å²) >= 11 is 0. The number of hydrogen-bond acceptors (Lipinski definition) is 2. The average Bonchev–Trinajstić information content (AvgIpc) is 2.22. The first kappa shape index (κ1) is 13.1. The minimum Gasteiger partial charge on any atom is -0.356 e. The Bertz CT molecular complexity index is 204. The van der Waals surface area contributed by atoms with Gasteiger partial charge in [0, 0.05) is 14.2 Å². The largest absolute Gasteiger partial charge is 0.356 e. The second kappa shape index (κ2) is 8.66. The Hall–Kier alpha value is -0.930. The lowest BCUT2D eigenvalue weighted by molar-refractivity contribution is -0.103. The zero-order valence-corrected chi connectivity index (χ0v) is 8.87. The molecule has 0 aliphatic carbocycles. The molecule has 0 heterocycles. The summed E-state index contributed by atoms with van der Waals surface area (Å²) in [7, 11) is 3.27. The van der Waals surface area contributed by atoms with Crippen LogP contribution in [0, 0.1) is 5.82 Å². The van der Waals surface area contributed by atoms with Gasteiger partial charge in [-0.05, 0) is 18.6 Å². The number of halogens is 1. The molecule has 0 aliphatic rings. The van der Waals surface area contributed by atoms with Crippen LogP contribution in [0.4, 0.5) is 4.39 Å². The van der Waals surface area contributed by atoms with Gasteiger partial charge < -0.3 is 9.47 Å². The van der Waals surface area contributed by atoms with Gasteiger partial charge in [-0.2, -0.15) is 0 Å². The van der Waals surface area contributed by atoms with Crippen molar-refractivity contribution >= 4 is 0 Å². The van der Waals surface area contributed by atoms with Crippen LogP contribution in [0.25, 0.3) is 0 Å². The fourth-order valence-electron chi connectivity index (χ4n) is 0.844. The van der Waals surface area contributed by atoms with E-state index in [0.29, 0.717) is 0 Å². The van der Waals surface area contributed by atoms with Gasteiger partial charge in [-0.25, -0.2) is 4.39 Å². The molecule has 80 valence electrons. The maximum absolute atomic E-state index is 11.9. The molecule has 0 amide bonds. The molecule has 1 aromatic carbocycles. The van der Waals surface area contributed by atoms with E-state index >= 15 is 0 Å². The van der Waals surface area contributed by atoms with Gasteiger partial charge in [-0.3, -0.25) is 0 Å². The van der Waals surface area contributed by atoms with E-state index in [0.717, 1.165) is 6.42 Å². The molecule has 0 aromatic heterocycles. The van der Waals surface area contributed by atoms with Gasteiger partial charge in [0.15, 0.2) is 6.29 Å². The number of ether oxygens (including phenoxy) is 2. The zero-order valence-electron chi connectivity index (χ0n) is 8.87. The van der Waals surface area contributed by atoms with E-state index in [4.69, 9.17) is 9.47 Å². The number of rotatable bonds is 3. The Morgan fingerprint density at radius 2 is 1.64 bits per heavy atom. The average molecular weight is 200 g/mol. The molecule has 0 saturated heterocycles. The molecule has 0 bridgehead atoms. The predicted octanol–water partition coefficient (Wildman–Crippen LogP) is 2.84. The van der Waals surface area contributed by atoms with Crippen LogP contribution in [0.1, 0.15) is 13.3 Å². The molecule has 3 heteroatoms. The standard InChI is InChI=1S/C6H5F.C5H12O2/c7-6-4-2-1-3-5-6;1-4-5(6-2)7-3/h1-5H;5H,4H2,1-3H3. The molecule has 1 aromatic rings. The maximum Gasteiger partial charge on any atom is 0.156 e. The van der Waals surface area contributed by atoms with Crippen molar-refractivity contribution in [1.82, 2.24) is 0 Å². The maximum atomic E-state index is 11.9. The monoisotopic (exact) mass is 200 g/mol. The van der Waals surface area contributed by atoms with E-state index in [1.54, 1.807) is 32.4 Å². The summed E-state index contributed by atoms with van der Waals surface area (Å²) in [5, 5.41) is 0. The van der Waals surface area contributed by atoms with Crippen molar-refractivity contribution in [1.29, 1.82) is 0 Å². The van der Waals surface area contributed by atoms with Gasteiger partial charge in [0.25, 0.3) is 0 Å². The molecular formula is C11H17FO2. The second-order valence-corrected chi connectivity index (χ2v) is 2.60. The first-order chi connectivity index (χ1) is 6.74. The van der Waals surface area contributed by atoms with Gasteiger partial charge in [0.1, 0.15) is 5.82 Å². The molecule has 0 aliphatic heterocycles. The molecule has 0 fully saturated rings. The quantitative estimate of drug-likeness (QED) is 0.698. The highest BCUT2D eigenvalue weighted by Crippen LogP contribution is 1.93. The van der Waals surface area contributed by atoms with Crippen molar-refractivity contribution < 1.29 is 13.9 Å². The molecule has 0 N–H and O–H groups in total. The summed E-state index contributed by atoms with van der Waals surface area (Å²) < 4.78 is 21.6. The minimum atomic E-state index is -0.178. The van der Waals surface area contributed by atoms with E-state index in [2.05, 4.69) is 0 Å².